The summed E-state index contributed by atoms with van der Waals surface area (Å²) in [7, 11) is 3.28. The lowest BCUT2D eigenvalue weighted by atomic mass is 10.0. The van der Waals surface area contributed by atoms with Gasteiger partial charge in [-0.05, 0) is 36.1 Å². The highest BCUT2D eigenvalue weighted by Crippen LogP contribution is 2.15. The van der Waals surface area contributed by atoms with E-state index in [0.29, 0.717) is 5.88 Å². The Hall–Kier alpha value is -2.07. The molecule has 2 rings (SSSR count). The van der Waals surface area contributed by atoms with E-state index in [0.717, 1.165) is 24.2 Å². The quantitative estimate of drug-likeness (QED) is 0.876. The Balaban J connectivity index is 1.95. The van der Waals surface area contributed by atoms with Crippen molar-refractivity contribution in [3.8, 4) is 11.6 Å². The molecule has 0 fully saturated rings. The van der Waals surface area contributed by atoms with Gasteiger partial charge in [0.15, 0.2) is 0 Å². The number of hydrogen-bond donors (Lipinski definition) is 1. The zero-order chi connectivity index (χ0) is 14.4. The number of ether oxygens (including phenoxy) is 2. The van der Waals surface area contributed by atoms with Crippen molar-refractivity contribution < 1.29 is 9.47 Å². The lowest BCUT2D eigenvalue weighted by Gasteiger charge is -2.12. The highest BCUT2D eigenvalue weighted by molar-refractivity contribution is 5.29. The van der Waals surface area contributed by atoms with Gasteiger partial charge in [-0.15, -0.1) is 0 Å². The van der Waals surface area contributed by atoms with Gasteiger partial charge in [0.05, 0.1) is 14.2 Å². The van der Waals surface area contributed by atoms with Gasteiger partial charge in [0, 0.05) is 18.3 Å². The average molecular weight is 272 g/mol. The first kappa shape index (κ1) is 14.3. The van der Waals surface area contributed by atoms with Crippen LogP contribution < -0.4 is 15.2 Å². The van der Waals surface area contributed by atoms with Gasteiger partial charge >= 0.3 is 0 Å². The molecule has 4 nitrogen and oxygen atoms in total. The van der Waals surface area contributed by atoms with Crippen LogP contribution in [-0.2, 0) is 12.8 Å². The largest absolute Gasteiger partial charge is 0.497 e. The fourth-order valence-corrected chi connectivity index (χ4v) is 2.13. The molecule has 1 unspecified atom stereocenters. The molecule has 1 atom stereocenters. The molecule has 2 aromatic rings. The maximum Gasteiger partial charge on any atom is 0.212 e. The van der Waals surface area contributed by atoms with E-state index < -0.39 is 0 Å². The molecule has 1 heterocycles. The number of aromatic nitrogens is 1. The van der Waals surface area contributed by atoms with Crippen LogP contribution in [0.25, 0.3) is 0 Å². The third-order valence-corrected chi connectivity index (χ3v) is 3.14. The first-order chi connectivity index (χ1) is 9.71. The molecular weight excluding hydrogens is 252 g/mol. The topological polar surface area (TPSA) is 57.4 Å². The fraction of sp³-hybridized carbons (Fsp3) is 0.312. The molecule has 0 aliphatic heterocycles. The molecule has 0 saturated heterocycles. The van der Waals surface area contributed by atoms with E-state index in [-0.39, 0.29) is 6.04 Å². The summed E-state index contributed by atoms with van der Waals surface area (Å²) in [5.41, 5.74) is 8.49. The van der Waals surface area contributed by atoms with Crippen molar-refractivity contribution in [3.05, 3.63) is 53.7 Å². The van der Waals surface area contributed by atoms with Crippen molar-refractivity contribution in [2.24, 2.45) is 5.73 Å². The average Bonchev–Trinajstić information content (AvgIpc) is 2.48. The van der Waals surface area contributed by atoms with Gasteiger partial charge in [0.1, 0.15) is 5.75 Å². The molecule has 2 N–H and O–H groups in total. The molecule has 0 aliphatic rings. The van der Waals surface area contributed by atoms with Gasteiger partial charge in [0.25, 0.3) is 0 Å². The summed E-state index contributed by atoms with van der Waals surface area (Å²) in [5.74, 6) is 1.48. The van der Waals surface area contributed by atoms with Crippen molar-refractivity contribution >= 4 is 0 Å². The summed E-state index contributed by atoms with van der Waals surface area (Å²) in [6.07, 6.45) is 3.40. The highest BCUT2D eigenvalue weighted by Gasteiger charge is 2.07. The second kappa shape index (κ2) is 6.91. The third kappa shape index (κ3) is 3.96. The maximum absolute atomic E-state index is 6.20. The number of rotatable bonds is 6. The molecule has 0 spiro atoms. The smallest absolute Gasteiger partial charge is 0.212 e. The Labute approximate surface area is 119 Å². The summed E-state index contributed by atoms with van der Waals surface area (Å²) in [5, 5.41) is 0. The van der Waals surface area contributed by atoms with Crippen molar-refractivity contribution in [2.45, 2.75) is 18.9 Å². The molecule has 4 heteroatoms. The van der Waals surface area contributed by atoms with Crippen molar-refractivity contribution in [2.75, 3.05) is 14.2 Å². The molecule has 0 bridgehead atoms. The lowest BCUT2D eigenvalue weighted by Crippen LogP contribution is -2.25. The van der Waals surface area contributed by atoms with E-state index >= 15 is 0 Å². The minimum absolute atomic E-state index is 0.0531. The van der Waals surface area contributed by atoms with Crippen LogP contribution >= 0.6 is 0 Å². The molecule has 1 aromatic heterocycles. The van der Waals surface area contributed by atoms with Crippen LogP contribution in [0.2, 0.25) is 0 Å². The number of methoxy groups -OCH3 is 2. The number of nitrogens with two attached hydrogens (primary N) is 1. The Bertz CT molecular complexity index is 540. The molecule has 0 amide bonds. The van der Waals surface area contributed by atoms with Crippen LogP contribution in [0.1, 0.15) is 11.1 Å². The number of benzene rings is 1. The Morgan fingerprint density at radius 3 is 2.50 bits per heavy atom. The Kier molecular flexibility index (Phi) is 4.96. The predicted molar refractivity (Wildman–Crippen MR) is 79.2 cm³/mol. The van der Waals surface area contributed by atoms with Crippen molar-refractivity contribution in [1.29, 1.82) is 0 Å². The molecular formula is C16H20N2O2. The van der Waals surface area contributed by atoms with Gasteiger partial charge in [0.2, 0.25) is 5.88 Å². The predicted octanol–water partition coefficient (Wildman–Crippen LogP) is 2.21. The van der Waals surface area contributed by atoms with E-state index in [2.05, 4.69) is 11.1 Å². The van der Waals surface area contributed by atoms with Crippen LogP contribution in [0, 0.1) is 0 Å². The molecule has 0 aliphatic carbocycles. The molecule has 0 radical (unpaired) electrons. The fourth-order valence-electron chi connectivity index (χ4n) is 2.13. The van der Waals surface area contributed by atoms with Crippen LogP contribution in [0.3, 0.4) is 0 Å². The molecule has 0 saturated carbocycles. The number of pyridine rings is 1. The Morgan fingerprint density at radius 1 is 1.05 bits per heavy atom. The minimum Gasteiger partial charge on any atom is -0.497 e. The minimum atomic E-state index is 0.0531. The molecule has 1 aromatic carbocycles. The van der Waals surface area contributed by atoms with Crippen LogP contribution in [-0.4, -0.2) is 25.2 Å². The zero-order valence-electron chi connectivity index (χ0n) is 11.9. The standard InChI is InChI=1S/C16H20N2O2/c1-19-15-5-3-4-12(10-15)8-14(17)9-13-6-7-16(20-2)18-11-13/h3-7,10-11,14H,8-9,17H2,1-2H3. The van der Waals surface area contributed by atoms with E-state index in [4.69, 9.17) is 15.2 Å². The zero-order valence-corrected chi connectivity index (χ0v) is 11.9. The van der Waals surface area contributed by atoms with Crippen LogP contribution in [0.15, 0.2) is 42.6 Å². The molecule has 106 valence electrons. The SMILES string of the molecule is COc1cccc(CC(N)Cc2ccc(OC)nc2)c1. The highest BCUT2D eigenvalue weighted by atomic mass is 16.5. The van der Waals surface area contributed by atoms with Crippen LogP contribution in [0.4, 0.5) is 0 Å². The van der Waals surface area contributed by atoms with Crippen molar-refractivity contribution in [3.63, 3.8) is 0 Å². The first-order valence-electron chi connectivity index (χ1n) is 6.58. The summed E-state index contributed by atoms with van der Waals surface area (Å²) in [6.45, 7) is 0. The van der Waals surface area contributed by atoms with E-state index in [1.807, 2.05) is 36.5 Å². The van der Waals surface area contributed by atoms with Crippen LogP contribution in [0.5, 0.6) is 11.6 Å². The second-order valence-corrected chi connectivity index (χ2v) is 4.73. The van der Waals surface area contributed by atoms with Gasteiger partial charge in [-0.3, -0.25) is 0 Å². The summed E-state index contributed by atoms with van der Waals surface area (Å²) < 4.78 is 10.3. The maximum atomic E-state index is 6.20. The normalized spacial score (nSPS) is 11.9. The van der Waals surface area contributed by atoms with Gasteiger partial charge in [-0.1, -0.05) is 18.2 Å². The van der Waals surface area contributed by atoms with Crippen molar-refractivity contribution in [1.82, 2.24) is 4.98 Å². The third-order valence-electron chi connectivity index (χ3n) is 3.14. The summed E-state index contributed by atoms with van der Waals surface area (Å²) >= 11 is 0. The number of hydrogen-bond acceptors (Lipinski definition) is 4. The van der Waals surface area contributed by atoms with E-state index in [9.17, 15) is 0 Å². The summed E-state index contributed by atoms with van der Waals surface area (Å²) in [4.78, 5) is 4.19. The lowest BCUT2D eigenvalue weighted by molar-refractivity contribution is 0.397. The second-order valence-electron chi connectivity index (χ2n) is 4.73. The van der Waals surface area contributed by atoms with Gasteiger partial charge < -0.3 is 15.2 Å². The van der Waals surface area contributed by atoms with Gasteiger partial charge in [-0.25, -0.2) is 4.98 Å². The first-order valence-corrected chi connectivity index (χ1v) is 6.58. The number of nitrogens with zero attached hydrogens (tertiary/aromatic N) is 1. The Morgan fingerprint density at radius 2 is 1.85 bits per heavy atom. The monoisotopic (exact) mass is 272 g/mol. The van der Waals surface area contributed by atoms with E-state index in [1.165, 1.54) is 5.56 Å². The molecule has 20 heavy (non-hydrogen) atoms. The van der Waals surface area contributed by atoms with Gasteiger partial charge in [-0.2, -0.15) is 0 Å². The van der Waals surface area contributed by atoms with E-state index in [1.54, 1.807) is 14.2 Å². The summed E-state index contributed by atoms with van der Waals surface area (Å²) in [6, 6.07) is 11.9.